The number of nitrogens with zero attached hydrogens (tertiary/aromatic N) is 1. The molecule has 0 radical (unpaired) electrons. The predicted octanol–water partition coefficient (Wildman–Crippen LogP) is 3.05. The SMILES string of the molecule is C=NC1C2C=CC(C2)C1c1ccccc1. The maximum absolute atomic E-state index is 4.33. The molecule has 0 amide bonds. The van der Waals surface area contributed by atoms with Crippen molar-refractivity contribution < 1.29 is 0 Å². The van der Waals surface area contributed by atoms with Gasteiger partial charge in [-0.25, -0.2) is 0 Å². The summed E-state index contributed by atoms with van der Waals surface area (Å²) in [5.74, 6) is 1.89. The highest BCUT2D eigenvalue weighted by Gasteiger charge is 2.44. The van der Waals surface area contributed by atoms with E-state index in [4.69, 9.17) is 0 Å². The molecule has 3 rings (SSSR count). The minimum absolute atomic E-state index is 0.405. The summed E-state index contributed by atoms with van der Waals surface area (Å²) in [4.78, 5) is 4.33. The first-order valence-corrected chi connectivity index (χ1v) is 5.59. The monoisotopic (exact) mass is 197 g/mol. The molecule has 0 aliphatic heterocycles. The number of hydrogen-bond donors (Lipinski definition) is 0. The van der Waals surface area contributed by atoms with Gasteiger partial charge in [-0.3, -0.25) is 4.99 Å². The molecule has 1 heteroatoms. The number of fused-ring (bicyclic) bond motifs is 2. The lowest BCUT2D eigenvalue weighted by molar-refractivity contribution is 0.509. The Balaban J connectivity index is 1.99. The highest BCUT2D eigenvalue weighted by Crippen LogP contribution is 2.50. The van der Waals surface area contributed by atoms with E-state index in [9.17, 15) is 0 Å². The highest BCUT2D eigenvalue weighted by molar-refractivity contribution is 5.34. The Bertz CT molecular complexity index is 393. The Morgan fingerprint density at radius 2 is 1.80 bits per heavy atom. The Labute approximate surface area is 90.5 Å². The lowest BCUT2D eigenvalue weighted by Gasteiger charge is -2.24. The van der Waals surface area contributed by atoms with Gasteiger partial charge in [0.25, 0.3) is 0 Å². The molecule has 4 unspecified atom stereocenters. The summed E-state index contributed by atoms with van der Waals surface area (Å²) in [6.45, 7) is 3.75. The fourth-order valence-corrected chi connectivity index (χ4v) is 3.16. The summed E-state index contributed by atoms with van der Waals surface area (Å²) < 4.78 is 0. The van der Waals surface area contributed by atoms with Crippen LogP contribution in [0.1, 0.15) is 17.9 Å². The van der Waals surface area contributed by atoms with E-state index < -0.39 is 0 Å². The zero-order valence-electron chi connectivity index (χ0n) is 8.71. The first-order valence-electron chi connectivity index (χ1n) is 5.59. The Kier molecular flexibility index (Phi) is 1.98. The Morgan fingerprint density at radius 1 is 1.07 bits per heavy atom. The van der Waals surface area contributed by atoms with E-state index in [2.05, 4.69) is 54.2 Å². The van der Waals surface area contributed by atoms with Crippen molar-refractivity contribution >= 4 is 6.72 Å². The average molecular weight is 197 g/mol. The first kappa shape index (κ1) is 8.90. The Morgan fingerprint density at radius 3 is 2.53 bits per heavy atom. The summed E-state index contributed by atoms with van der Waals surface area (Å²) in [5.41, 5.74) is 1.42. The van der Waals surface area contributed by atoms with Gasteiger partial charge in [0.05, 0.1) is 6.04 Å². The molecule has 4 atom stereocenters. The van der Waals surface area contributed by atoms with Crippen molar-refractivity contribution in [2.45, 2.75) is 18.4 Å². The van der Waals surface area contributed by atoms with Crippen LogP contribution in [0.25, 0.3) is 0 Å². The van der Waals surface area contributed by atoms with Gasteiger partial charge in [-0.05, 0) is 24.6 Å². The summed E-state index contributed by atoms with van der Waals surface area (Å²) >= 11 is 0. The van der Waals surface area contributed by atoms with E-state index in [-0.39, 0.29) is 0 Å². The van der Waals surface area contributed by atoms with E-state index in [1.165, 1.54) is 12.0 Å². The Hall–Kier alpha value is -1.37. The molecule has 2 aliphatic carbocycles. The van der Waals surface area contributed by atoms with Crippen LogP contribution in [0.5, 0.6) is 0 Å². The van der Waals surface area contributed by atoms with Gasteiger partial charge in [0.1, 0.15) is 0 Å². The number of aliphatic imine (C=N–C) groups is 1. The van der Waals surface area contributed by atoms with Gasteiger partial charge in [0, 0.05) is 11.8 Å². The summed E-state index contributed by atoms with van der Waals surface area (Å²) in [6, 6.07) is 11.1. The van der Waals surface area contributed by atoms with Gasteiger partial charge in [-0.2, -0.15) is 0 Å². The van der Waals surface area contributed by atoms with Gasteiger partial charge >= 0.3 is 0 Å². The molecule has 1 nitrogen and oxygen atoms in total. The zero-order valence-corrected chi connectivity index (χ0v) is 8.71. The second kappa shape index (κ2) is 3.34. The van der Waals surface area contributed by atoms with Gasteiger partial charge in [-0.1, -0.05) is 42.5 Å². The zero-order chi connectivity index (χ0) is 10.3. The van der Waals surface area contributed by atoms with Crippen molar-refractivity contribution in [1.82, 2.24) is 0 Å². The van der Waals surface area contributed by atoms with Crippen LogP contribution in [0.3, 0.4) is 0 Å². The van der Waals surface area contributed by atoms with E-state index in [1.807, 2.05) is 0 Å². The third-order valence-electron chi connectivity index (χ3n) is 3.81. The molecule has 76 valence electrons. The molecule has 1 aromatic carbocycles. The van der Waals surface area contributed by atoms with E-state index in [0.29, 0.717) is 23.8 Å². The minimum atomic E-state index is 0.405. The van der Waals surface area contributed by atoms with Crippen LogP contribution in [0.15, 0.2) is 47.5 Å². The lowest BCUT2D eigenvalue weighted by Crippen LogP contribution is -2.21. The van der Waals surface area contributed by atoms with Gasteiger partial charge in [-0.15, -0.1) is 0 Å². The van der Waals surface area contributed by atoms with Crippen LogP contribution < -0.4 is 0 Å². The van der Waals surface area contributed by atoms with Crippen LogP contribution in [0, 0.1) is 11.8 Å². The van der Waals surface area contributed by atoms with Crippen LogP contribution >= 0.6 is 0 Å². The van der Waals surface area contributed by atoms with Crippen LogP contribution in [0.4, 0.5) is 0 Å². The van der Waals surface area contributed by atoms with Crippen molar-refractivity contribution in [2.75, 3.05) is 0 Å². The maximum Gasteiger partial charge on any atom is 0.0629 e. The minimum Gasteiger partial charge on any atom is -0.296 e. The standard InChI is InChI=1S/C14H15N/c1-15-14-12-8-7-11(9-12)13(14)10-5-3-2-4-6-10/h2-8,11-14H,1,9H2. The molecular weight excluding hydrogens is 182 g/mol. The van der Waals surface area contributed by atoms with E-state index in [0.717, 1.165) is 0 Å². The molecule has 1 fully saturated rings. The third kappa shape index (κ3) is 1.26. The van der Waals surface area contributed by atoms with Crippen molar-refractivity contribution in [3.05, 3.63) is 48.0 Å². The van der Waals surface area contributed by atoms with Gasteiger partial charge in [0.2, 0.25) is 0 Å². The number of rotatable bonds is 2. The van der Waals surface area contributed by atoms with Crippen LogP contribution in [-0.4, -0.2) is 12.8 Å². The lowest BCUT2D eigenvalue weighted by atomic mass is 9.83. The van der Waals surface area contributed by atoms with Gasteiger partial charge < -0.3 is 0 Å². The number of benzene rings is 1. The van der Waals surface area contributed by atoms with Crippen molar-refractivity contribution in [3.8, 4) is 0 Å². The summed E-state index contributed by atoms with van der Waals surface area (Å²) in [6.07, 6.45) is 5.96. The molecule has 0 spiro atoms. The summed E-state index contributed by atoms with van der Waals surface area (Å²) in [5, 5.41) is 0. The molecule has 15 heavy (non-hydrogen) atoms. The molecule has 0 aromatic heterocycles. The average Bonchev–Trinajstić information content (AvgIpc) is 2.89. The normalized spacial score (nSPS) is 37.1. The highest BCUT2D eigenvalue weighted by atomic mass is 14.8. The molecule has 2 aliphatic rings. The maximum atomic E-state index is 4.33. The summed E-state index contributed by atoms with van der Waals surface area (Å²) in [7, 11) is 0. The molecule has 1 saturated carbocycles. The molecule has 2 bridgehead atoms. The quantitative estimate of drug-likeness (QED) is 0.510. The fourth-order valence-electron chi connectivity index (χ4n) is 3.16. The van der Waals surface area contributed by atoms with Crippen molar-refractivity contribution in [1.29, 1.82) is 0 Å². The largest absolute Gasteiger partial charge is 0.296 e. The second-order valence-electron chi connectivity index (χ2n) is 4.56. The molecule has 1 aromatic rings. The van der Waals surface area contributed by atoms with Crippen LogP contribution in [-0.2, 0) is 0 Å². The number of hydrogen-bond acceptors (Lipinski definition) is 1. The fraction of sp³-hybridized carbons (Fsp3) is 0.357. The smallest absolute Gasteiger partial charge is 0.0629 e. The third-order valence-corrected chi connectivity index (χ3v) is 3.81. The molecule has 0 saturated heterocycles. The van der Waals surface area contributed by atoms with Gasteiger partial charge in [0.15, 0.2) is 0 Å². The predicted molar refractivity (Wildman–Crippen MR) is 63.3 cm³/mol. The molecule has 0 N–H and O–H groups in total. The van der Waals surface area contributed by atoms with E-state index in [1.54, 1.807) is 0 Å². The first-order chi connectivity index (χ1) is 7.40. The second-order valence-corrected chi connectivity index (χ2v) is 4.56. The van der Waals surface area contributed by atoms with Crippen molar-refractivity contribution in [3.63, 3.8) is 0 Å². The molecular formula is C14H15N. The van der Waals surface area contributed by atoms with Crippen molar-refractivity contribution in [2.24, 2.45) is 16.8 Å². The van der Waals surface area contributed by atoms with E-state index >= 15 is 0 Å². The number of allylic oxidation sites excluding steroid dienone is 1. The molecule has 0 heterocycles. The topological polar surface area (TPSA) is 12.4 Å². The van der Waals surface area contributed by atoms with Crippen LogP contribution in [0.2, 0.25) is 0 Å².